The Labute approximate surface area is 122 Å². The van der Waals surface area contributed by atoms with Crippen LogP contribution in [0.1, 0.15) is 18.5 Å². The molecule has 1 heterocycles. The van der Waals surface area contributed by atoms with Gasteiger partial charge >= 0.3 is 0 Å². The topological polar surface area (TPSA) is 50.4 Å². The predicted octanol–water partition coefficient (Wildman–Crippen LogP) is 1.72. The van der Waals surface area contributed by atoms with Crippen molar-refractivity contribution in [2.24, 2.45) is 0 Å². The van der Waals surface area contributed by atoms with E-state index < -0.39 is 0 Å². The number of carbonyl (C=O) groups excluding carboxylic acids is 1. The van der Waals surface area contributed by atoms with Crippen LogP contribution in [0.3, 0.4) is 0 Å². The number of benzene rings is 1. The lowest BCUT2D eigenvalue weighted by atomic mass is 10.1. The number of amides is 1. The standard InChI is InChI=1S/C14H19FN2O2S/c1-9(11-7-10(15)3-4-13(11)19-2)17-14(18)12-8-20-6-5-16-12/h3-4,7,9,12,16H,5-6,8H2,1-2H3,(H,17,18). The van der Waals surface area contributed by atoms with Crippen molar-refractivity contribution in [2.75, 3.05) is 25.2 Å². The largest absolute Gasteiger partial charge is 0.496 e. The van der Waals surface area contributed by atoms with Crippen LogP contribution in [-0.2, 0) is 4.79 Å². The van der Waals surface area contributed by atoms with Gasteiger partial charge in [-0.05, 0) is 25.1 Å². The van der Waals surface area contributed by atoms with Crippen molar-refractivity contribution in [1.82, 2.24) is 10.6 Å². The summed E-state index contributed by atoms with van der Waals surface area (Å²) in [5.41, 5.74) is 0.643. The molecule has 1 aromatic carbocycles. The molecule has 1 amide bonds. The number of methoxy groups -OCH3 is 1. The Hall–Kier alpha value is -1.27. The lowest BCUT2D eigenvalue weighted by Crippen LogP contribution is -2.49. The fourth-order valence-electron chi connectivity index (χ4n) is 2.17. The molecule has 2 rings (SSSR count). The maximum absolute atomic E-state index is 13.4. The van der Waals surface area contributed by atoms with Gasteiger partial charge in [-0.1, -0.05) is 0 Å². The van der Waals surface area contributed by atoms with Gasteiger partial charge in [0.05, 0.1) is 19.2 Å². The number of rotatable bonds is 4. The molecule has 20 heavy (non-hydrogen) atoms. The van der Waals surface area contributed by atoms with Crippen molar-refractivity contribution in [3.63, 3.8) is 0 Å². The molecule has 0 radical (unpaired) electrons. The molecule has 0 saturated carbocycles. The number of carbonyl (C=O) groups is 1. The van der Waals surface area contributed by atoms with E-state index >= 15 is 0 Å². The zero-order valence-electron chi connectivity index (χ0n) is 11.6. The number of thioether (sulfide) groups is 1. The fourth-order valence-corrected chi connectivity index (χ4v) is 3.10. The Bertz CT molecular complexity index is 478. The lowest BCUT2D eigenvalue weighted by molar-refractivity contribution is -0.123. The summed E-state index contributed by atoms with van der Waals surface area (Å²) in [7, 11) is 1.53. The van der Waals surface area contributed by atoms with Gasteiger partial charge in [-0.2, -0.15) is 11.8 Å². The first kappa shape index (κ1) is 15.1. The van der Waals surface area contributed by atoms with Crippen LogP contribution in [0.25, 0.3) is 0 Å². The van der Waals surface area contributed by atoms with E-state index in [1.807, 2.05) is 6.92 Å². The average molecular weight is 298 g/mol. The Balaban J connectivity index is 2.05. The predicted molar refractivity (Wildman–Crippen MR) is 78.6 cm³/mol. The first-order valence-corrected chi connectivity index (χ1v) is 7.72. The van der Waals surface area contributed by atoms with Crippen molar-refractivity contribution < 1.29 is 13.9 Å². The smallest absolute Gasteiger partial charge is 0.238 e. The second kappa shape index (κ2) is 6.95. The SMILES string of the molecule is COc1ccc(F)cc1C(C)NC(=O)C1CSCCN1. The summed E-state index contributed by atoms with van der Waals surface area (Å²) >= 11 is 1.76. The fraction of sp³-hybridized carbons (Fsp3) is 0.500. The van der Waals surface area contributed by atoms with Crippen LogP contribution in [0.15, 0.2) is 18.2 Å². The summed E-state index contributed by atoms with van der Waals surface area (Å²) in [5.74, 6) is 1.96. The van der Waals surface area contributed by atoms with Crippen molar-refractivity contribution in [2.45, 2.75) is 19.0 Å². The average Bonchev–Trinajstić information content (AvgIpc) is 2.48. The van der Waals surface area contributed by atoms with Gasteiger partial charge in [-0.15, -0.1) is 0 Å². The molecule has 2 atom stereocenters. The summed E-state index contributed by atoms with van der Waals surface area (Å²) in [6.07, 6.45) is 0. The third-order valence-electron chi connectivity index (χ3n) is 3.26. The number of ether oxygens (including phenoxy) is 1. The highest BCUT2D eigenvalue weighted by atomic mass is 32.2. The Morgan fingerprint density at radius 2 is 2.40 bits per heavy atom. The molecule has 110 valence electrons. The number of nitrogens with one attached hydrogen (secondary N) is 2. The zero-order valence-corrected chi connectivity index (χ0v) is 12.4. The molecule has 1 aromatic rings. The van der Waals surface area contributed by atoms with Crippen molar-refractivity contribution in [3.8, 4) is 5.75 Å². The summed E-state index contributed by atoms with van der Waals surface area (Å²) in [4.78, 5) is 12.1. The molecule has 1 fully saturated rings. The molecular weight excluding hydrogens is 279 g/mol. The van der Waals surface area contributed by atoms with Crippen LogP contribution >= 0.6 is 11.8 Å². The number of halogens is 1. The van der Waals surface area contributed by atoms with Crippen molar-refractivity contribution >= 4 is 17.7 Å². The van der Waals surface area contributed by atoms with E-state index in [9.17, 15) is 9.18 Å². The van der Waals surface area contributed by atoms with E-state index in [-0.39, 0.29) is 23.8 Å². The molecular formula is C14H19FN2O2S. The summed E-state index contributed by atoms with van der Waals surface area (Å²) in [5, 5.41) is 6.08. The van der Waals surface area contributed by atoms with E-state index in [1.165, 1.54) is 19.2 Å². The van der Waals surface area contributed by atoms with Gasteiger partial charge in [-0.3, -0.25) is 4.79 Å². The quantitative estimate of drug-likeness (QED) is 0.888. The van der Waals surface area contributed by atoms with E-state index in [0.717, 1.165) is 18.1 Å². The number of hydrogen-bond donors (Lipinski definition) is 2. The minimum absolute atomic E-state index is 0.0592. The molecule has 1 aliphatic rings. The molecule has 2 unspecified atom stereocenters. The highest BCUT2D eigenvalue weighted by Gasteiger charge is 2.23. The molecule has 0 bridgehead atoms. The molecule has 1 aliphatic heterocycles. The molecule has 2 N–H and O–H groups in total. The van der Waals surface area contributed by atoms with Gasteiger partial charge in [-0.25, -0.2) is 4.39 Å². The first-order chi connectivity index (χ1) is 9.61. The lowest BCUT2D eigenvalue weighted by Gasteiger charge is -2.25. The minimum atomic E-state index is -0.340. The molecule has 0 spiro atoms. The van der Waals surface area contributed by atoms with E-state index in [0.29, 0.717) is 11.3 Å². The second-order valence-corrected chi connectivity index (χ2v) is 5.85. The van der Waals surface area contributed by atoms with Crippen LogP contribution < -0.4 is 15.4 Å². The van der Waals surface area contributed by atoms with E-state index in [2.05, 4.69) is 10.6 Å². The summed E-state index contributed by atoms with van der Waals surface area (Å²) in [6.45, 7) is 2.66. The molecule has 0 aromatic heterocycles. The highest BCUT2D eigenvalue weighted by molar-refractivity contribution is 7.99. The van der Waals surface area contributed by atoms with Gasteiger partial charge in [0.15, 0.2) is 0 Å². The van der Waals surface area contributed by atoms with Gasteiger partial charge in [0.25, 0.3) is 0 Å². The van der Waals surface area contributed by atoms with Gasteiger partial charge in [0.1, 0.15) is 11.6 Å². The summed E-state index contributed by atoms with van der Waals surface area (Å²) in [6, 6.07) is 3.82. The van der Waals surface area contributed by atoms with Crippen LogP contribution in [-0.4, -0.2) is 37.1 Å². The molecule has 0 aliphatic carbocycles. The normalized spacial score (nSPS) is 20.2. The van der Waals surface area contributed by atoms with Crippen LogP contribution in [0.4, 0.5) is 4.39 Å². The monoisotopic (exact) mass is 298 g/mol. The van der Waals surface area contributed by atoms with Crippen LogP contribution in [0.5, 0.6) is 5.75 Å². The van der Waals surface area contributed by atoms with Crippen molar-refractivity contribution in [1.29, 1.82) is 0 Å². The van der Waals surface area contributed by atoms with E-state index in [4.69, 9.17) is 4.74 Å². The van der Waals surface area contributed by atoms with Crippen molar-refractivity contribution in [3.05, 3.63) is 29.6 Å². The molecule has 1 saturated heterocycles. The maximum Gasteiger partial charge on any atom is 0.238 e. The zero-order chi connectivity index (χ0) is 14.5. The van der Waals surface area contributed by atoms with E-state index in [1.54, 1.807) is 17.8 Å². The highest BCUT2D eigenvalue weighted by Crippen LogP contribution is 2.26. The Morgan fingerprint density at radius 3 is 3.05 bits per heavy atom. The Morgan fingerprint density at radius 1 is 1.60 bits per heavy atom. The van der Waals surface area contributed by atoms with Crippen LogP contribution in [0, 0.1) is 5.82 Å². The number of hydrogen-bond acceptors (Lipinski definition) is 4. The Kier molecular flexibility index (Phi) is 5.25. The minimum Gasteiger partial charge on any atom is -0.496 e. The van der Waals surface area contributed by atoms with Gasteiger partial charge in [0.2, 0.25) is 5.91 Å². The maximum atomic E-state index is 13.4. The van der Waals surface area contributed by atoms with Crippen LogP contribution in [0.2, 0.25) is 0 Å². The summed E-state index contributed by atoms with van der Waals surface area (Å²) < 4.78 is 18.6. The third-order valence-corrected chi connectivity index (χ3v) is 4.32. The third kappa shape index (κ3) is 3.64. The first-order valence-electron chi connectivity index (χ1n) is 6.56. The molecule has 6 heteroatoms. The van der Waals surface area contributed by atoms with Gasteiger partial charge < -0.3 is 15.4 Å². The molecule has 4 nitrogen and oxygen atoms in total. The second-order valence-electron chi connectivity index (χ2n) is 4.70. The van der Waals surface area contributed by atoms with Gasteiger partial charge in [0, 0.05) is 23.6 Å².